The fraction of sp³-hybridized carbons (Fsp3) is 0.440. The molecule has 1 aliphatic rings. The molecule has 6 nitrogen and oxygen atoms in total. The van der Waals surface area contributed by atoms with E-state index in [2.05, 4.69) is 25.3 Å². The topological polar surface area (TPSA) is 72.3 Å². The SMILES string of the molecule is CC(=O)N1CCC(Cn2c(C(C)(C)C)nc3cc(S(=O)(=O)c4cccc(Cl)c4)ccc32)CC1. The predicted molar refractivity (Wildman–Crippen MR) is 130 cm³/mol. The summed E-state index contributed by atoms with van der Waals surface area (Å²) in [7, 11) is -3.70. The molecule has 0 N–H and O–H groups in total. The summed E-state index contributed by atoms with van der Waals surface area (Å²) in [6.07, 6.45) is 1.90. The molecule has 2 heterocycles. The third-order valence-corrected chi connectivity index (χ3v) is 8.29. The molecule has 1 saturated heterocycles. The lowest BCUT2D eigenvalue weighted by atomic mass is 9.93. The van der Waals surface area contributed by atoms with E-state index in [4.69, 9.17) is 16.6 Å². The lowest BCUT2D eigenvalue weighted by molar-refractivity contribution is -0.130. The number of rotatable bonds is 4. The standard InChI is InChI=1S/C25H30ClN3O3S/c1-17(30)28-12-10-18(11-13-28)16-29-23-9-8-21(15-22(23)27-24(29)25(2,3)4)33(31,32)20-7-5-6-19(26)14-20/h5-9,14-15,18H,10-13,16H2,1-4H3. The van der Waals surface area contributed by atoms with Crippen molar-refractivity contribution in [2.75, 3.05) is 13.1 Å². The minimum atomic E-state index is -3.70. The zero-order valence-corrected chi connectivity index (χ0v) is 21.1. The van der Waals surface area contributed by atoms with Gasteiger partial charge in [0, 0.05) is 37.0 Å². The number of halogens is 1. The summed E-state index contributed by atoms with van der Waals surface area (Å²) in [5.74, 6) is 1.50. The van der Waals surface area contributed by atoms with Gasteiger partial charge in [0.2, 0.25) is 15.7 Å². The van der Waals surface area contributed by atoms with Crippen LogP contribution in [0.15, 0.2) is 52.3 Å². The predicted octanol–water partition coefficient (Wildman–Crippen LogP) is 5.08. The van der Waals surface area contributed by atoms with Gasteiger partial charge in [-0.25, -0.2) is 13.4 Å². The second-order valence-electron chi connectivity index (χ2n) is 9.86. The van der Waals surface area contributed by atoms with Crippen molar-refractivity contribution in [1.29, 1.82) is 0 Å². The maximum Gasteiger partial charge on any atom is 0.219 e. The highest BCUT2D eigenvalue weighted by molar-refractivity contribution is 7.91. The second-order valence-corrected chi connectivity index (χ2v) is 12.2. The zero-order chi connectivity index (χ0) is 24.0. The molecule has 0 saturated carbocycles. The molecule has 1 aliphatic heterocycles. The van der Waals surface area contributed by atoms with Gasteiger partial charge >= 0.3 is 0 Å². The van der Waals surface area contributed by atoms with Crippen LogP contribution in [0.4, 0.5) is 0 Å². The molecular weight excluding hydrogens is 458 g/mol. The van der Waals surface area contributed by atoms with Crippen LogP contribution < -0.4 is 0 Å². The van der Waals surface area contributed by atoms with Gasteiger partial charge in [0.1, 0.15) is 5.82 Å². The molecule has 0 spiro atoms. The molecule has 0 unspecified atom stereocenters. The second kappa shape index (κ2) is 8.76. The van der Waals surface area contributed by atoms with E-state index in [0.717, 1.165) is 43.8 Å². The molecule has 0 atom stereocenters. The van der Waals surface area contributed by atoms with Gasteiger partial charge < -0.3 is 9.47 Å². The summed E-state index contributed by atoms with van der Waals surface area (Å²) in [5, 5.41) is 0.382. The minimum Gasteiger partial charge on any atom is -0.343 e. The molecule has 176 valence electrons. The van der Waals surface area contributed by atoms with Gasteiger partial charge in [0.15, 0.2) is 0 Å². The number of carbonyl (C=O) groups excluding carboxylic acids is 1. The molecule has 0 aliphatic carbocycles. The largest absolute Gasteiger partial charge is 0.343 e. The average molecular weight is 488 g/mol. The Kier molecular flexibility index (Phi) is 6.31. The first-order valence-electron chi connectivity index (χ1n) is 11.2. The Morgan fingerprint density at radius 1 is 1.09 bits per heavy atom. The van der Waals surface area contributed by atoms with Crippen molar-refractivity contribution in [3.63, 3.8) is 0 Å². The Labute approximate surface area is 200 Å². The molecule has 0 bridgehead atoms. The van der Waals surface area contributed by atoms with Crippen molar-refractivity contribution in [2.24, 2.45) is 5.92 Å². The number of piperidine rings is 1. The molecule has 1 amide bonds. The van der Waals surface area contributed by atoms with Crippen molar-refractivity contribution < 1.29 is 13.2 Å². The highest BCUT2D eigenvalue weighted by atomic mass is 35.5. The third kappa shape index (κ3) is 4.80. The van der Waals surface area contributed by atoms with Crippen LogP contribution in [0.3, 0.4) is 0 Å². The lowest BCUT2D eigenvalue weighted by Gasteiger charge is -2.32. The number of aromatic nitrogens is 2. The summed E-state index contributed by atoms with van der Waals surface area (Å²) < 4.78 is 28.6. The van der Waals surface area contributed by atoms with E-state index < -0.39 is 9.84 Å². The highest BCUT2D eigenvalue weighted by Gasteiger charge is 2.28. The first-order chi connectivity index (χ1) is 15.5. The monoisotopic (exact) mass is 487 g/mol. The fourth-order valence-electron chi connectivity index (χ4n) is 4.49. The van der Waals surface area contributed by atoms with E-state index in [0.29, 0.717) is 16.5 Å². The summed E-state index contributed by atoms with van der Waals surface area (Å²) in [5.41, 5.74) is 1.40. The van der Waals surface area contributed by atoms with E-state index >= 15 is 0 Å². The first kappa shape index (κ1) is 23.8. The average Bonchev–Trinajstić information content (AvgIpc) is 3.12. The molecule has 3 aromatic rings. The molecule has 1 aromatic heterocycles. The Morgan fingerprint density at radius 2 is 1.76 bits per heavy atom. The Bertz CT molecular complexity index is 1300. The van der Waals surface area contributed by atoms with Crippen LogP contribution in [-0.2, 0) is 26.6 Å². The van der Waals surface area contributed by atoms with Crippen LogP contribution in [0, 0.1) is 5.92 Å². The van der Waals surface area contributed by atoms with Crippen LogP contribution in [0.1, 0.15) is 46.4 Å². The van der Waals surface area contributed by atoms with Crippen molar-refractivity contribution in [2.45, 2.75) is 62.3 Å². The number of hydrogen-bond donors (Lipinski definition) is 0. The number of fused-ring (bicyclic) bond motifs is 1. The summed E-state index contributed by atoms with van der Waals surface area (Å²) in [4.78, 5) is 18.8. The zero-order valence-electron chi connectivity index (χ0n) is 19.5. The van der Waals surface area contributed by atoms with E-state index in [-0.39, 0.29) is 21.1 Å². The Hall–Kier alpha value is -2.38. The van der Waals surface area contributed by atoms with Crippen molar-refractivity contribution in [1.82, 2.24) is 14.5 Å². The van der Waals surface area contributed by atoms with Crippen molar-refractivity contribution in [3.8, 4) is 0 Å². The van der Waals surface area contributed by atoms with Crippen LogP contribution in [0.2, 0.25) is 5.02 Å². The van der Waals surface area contributed by atoms with Gasteiger partial charge in [0.05, 0.1) is 20.8 Å². The minimum absolute atomic E-state index is 0.130. The van der Waals surface area contributed by atoms with Crippen LogP contribution in [0.25, 0.3) is 11.0 Å². The number of benzene rings is 2. The number of imidazole rings is 1. The van der Waals surface area contributed by atoms with Crippen LogP contribution >= 0.6 is 11.6 Å². The number of amides is 1. The summed E-state index contributed by atoms with van der Waals surface area (Å²) >= 11 is 6.02. The molecule has 2 aromatic carbocycles. The van der Waals surface area contributed by atoms with Crippen molar-refractivity contribution >= 4 is 38.4 Å². The number of hydrogen-bond acceptors (Lipinski definition) is 4. The van der Waals surface area contributed by atoms with Crippen molar-refractivity contribution in [3.05, 3.63) is 53.3 Å². The summed E-state index contributed by atoms with van der Waals surface area (Å²) in [6, 6.07) is 11.5. The van der Waals surface area contributed by atoms with Gasteiger partial charge in [-0.1, -0.05) is 38.4 Å². The number of likely N-dealkylation sites (tertiary alicyclic amines) is 1. The normalized spacial score (nSPS) is 15.8. The molecule has 33 heavy (non-hydrogen) atoms. The van der Waals surface area contributed by atoms with E-state index in [1.54, 1.807) is 37.3 Å². The lowest BCUT2D eigenvalue weighted by Crippen LogP contribution is -2.38. The van der Waals surface area contributed by atoms with Gasteiger partial charge in [-0.05, 0) is 55.2 Å². The highest BCUT2D eigenvalue weighted by Crippen LogP contribution is 2.32. The van der Waals surface area contributed by atoms with E-state index in [1.807, 2.05) is 11.0 Å². The number of sulfone groups is 1. The van der Waals surface area contributed by atoms with Gasteiger partial charge in [-0.3, -0.25) is 4.79 Å². The number of carbonyl (C=O) groups is 1. The van der Waals surface area contributed by atoms with Crippen LogP contribution in [-0.4, -0.2) is 41.9 Å². The summed E-state index contributed by atoms with van der Waals surface area (Å²) in [6.45, 7) is 10.3. The molecule has 1 fully saturated rings. The maximum absolute atomic E-state index is 13.2. The quantitative estimate of drug-likeness (QED) is 0.514. The smallest absolute Gasteiger partial charge is 0.219 e. The molecule has 8 heteroatoms. The van der Waals surface area contributed by atoms with E-state index in [9.17, 15) is 13.2 Å². The molecule has 4 rings (SSSR count). The Balaban J connectivity index is 1.71. The molecule has 0 radical (unpaired) electrons. The van der Waals surface area contributed by atoms with Gasteiger partial charge in [-0.2, -0.15) is 0 Å². The fourth-order valence-corrected chi connectivity index (χ4v) is 6.07. The Morgan fingerprint density at radius 3 is 2.36 bits per heavy atom. The maximum atomic E-state index is 13.2. The van der Waals surface area contributed by atoms with Gasteiger partial charge in [0.25, 0.3) is 0 Å². The van der Waals surface area contributed by atoms with Gasteiger partial charge in [-0.15, -0.1) is 0 Å². The molecular formula is C25H30ClN3O3S. The third-order valence-electron chi connectivity index (χ3n) is 6.31. The number of nitrogens with zero attached hydrogens (tertiary/aromatic N) is 3. The van der Waals surface area contributed by atoms with Crippen LogP contribution in [0.5, 0.6) is 0 Å². The first-order valence-corrected chi connectivity index (χ1v) is 13.1. The van der Waals surface area contributed by atoms with E-state index in [1.165, 1.54) is 6.07 Å².